The average molecular weight is 290 g/mol. The maximum absolute atomic E-state index is 12.2. The standard InChI is InChI=1S/C17H26N2O2/c1-21-15-7-5-6-14(10-15)12-19-16(20)11-17(13-18)8-3-2-4-9-17/h5-7,10H,2-4,8-9,11-13,18H2,1H3,(H,19,20). The Kier molecular flexibility index (Phi) is 5.62. The molecule has 1 fully saturated rings. The zero-order chi connectivity index (χ0) is 15.1. The second kappa shape index (κ2) is 7.46. The molecule has 4 heteroatoms. The normalized spacial score (nSPS) is 17.2. The molecule has 3 N–H and O–H groups in total. The predicted molar refractivity (Wildman–Crippen MR) is 84.0 cm³/mol. The van der Waals surface area contributed by atoms with E-state index in [1.165, 1.54) is 19.3 Å². The van der Waals surface area contributed by atoms with Gasteiger partial charge in [-0.05, 0) is 42.5 Å². The van der Waals surface area contributed by atoms with Gasteiger partial charge in [0.2, 0.25) is 5.91 Å². The quantitative estimate of drug-likeness (QED) is 0.846. The van der Waals surface area contributed by atoms with E-state index >= 15 is 0 Å². The minimum atomic E-state index is 0.0245. The third kappa shape index (κ3) is 4.46. The number of carbonyl (C=O) groups excluding carboxylic acids is 1. The molecule has 0 aromatic heterocycles. The average Bonchev–Trinajstić information content (AvgIpc) is 2.54. The molecule has 0 bridgehead atoms. The van der Waals surface area contributed by atoms with Crippen molar-refractivity contribution < 1.29 is 9.53 Å². The summed E-state index contributed by atoms with van der Waals surface area (Å²) in [6.45, 7) is 1.15. The van der Waals surface area contributed by atoms with Crippen LogP contribution in [0.4, 0.5) is 0 Å². The summed E-state index contributed by atoms with van der Waals surface area (Å²) in [7, 11) is 1.64. The Morgan fingerprint density at radius 1 is 1.33 bits per heavy atom. The molecule has 116 valence electrons. The molecule has 1 saturated carbocycles. The SMILES string of the molecule is COc1cccc(CNC(=O)CC2(CN)CCCCC2)c1. The molecule has 1 amide bonds. The van der Waals surface area contributed by atoms with E-state index in [-0.39, 0.29) is 11.3 Å². The van der Waals surface area contributed by atoms with E-state index in [1.54, 1.807) is 7.11 Å². The second-order valence-electron chi connectivity index (χ2n) is 6.07. The lowest BCUT2D eigenvalue weighted by atomic mass is 9.71. The molecule has 0 radical (unpaired) electrons. The fraction of sp³-hybridized carbons (Fsp3) is 0.588. The fourth-order valence-corrected chi connectivity index (χ4v) is 3.14. The Labute approximate surface area is 127 Å². The van der Waals surface area contributed by atoms with Gasteiger partial charge in [0, 0.05) is 13.0 Å². The number of hydrogen-bond donors (Lipinski definition) is 2. The van der Waals surface area contributed by atoms with Gasteiger partial charge in [0.25, 0.3) is 0 Å². The van der Waals surface area contributed by atoms with E-state index in [4.69, 9.17) is 10.5 Å². The van der Waals surface area contributed by atoms with Crippen molar-refractivity contribution in [1.82, 2.24) is 5.32 Å². The molecule has 0 saturated heterocycles. The van der Waals surface area contributed by atoms with E-state index < -0.39 is 0 Å². The number of methoxy groups -OCH3 is 1. The van der Waals surface area contributed by atoms with E-state index in [0.29, 0.717) is 19.5 Å². The summed E-state index contributed by atoms with van der Waals surface area (Å²) in [6, 6.07) is 7.77. The lowest BCUT2D eigenvalue weighted by Gasteiger charge is -2.35. The number of benzene rings is 1. The van der Waals surface area contributed by atoms with Gasteiger partial charge in [-0.3, -0.25) is 4.79 Å². The first-order valence-electron chi connectivity index (χ1n) is 7.77. The highest BCUT2D eigenvalue weighted by Crippen LogP contribution is 2.38. The van der Waals surface area contributed by atoms with Gasteiger partial charge in [0.1, 0.15) is 5.75 Å². The maximum Gasteiger partial charge on any atom is 0.220 e. The molecular weight excluding hydrogens is 264 g/mol. The highest BCUT2D eigenvalue weighted by atomic mass is 16.5. The topological polar surface area (TPSA) is 64.3 Å². The van der Waals surface area contributed by atoms with Crippen molar-refractivity contribution in [3.8, 4) is 5.75 Å². The molecule has 0 atom stereocenters. The summed E-state index contributed by atoms with van der Waals surface area (Å²) in [5, 5.41) is 3.01. The van der Waals surface area contributed by atoms with E-state index in [0.717, 1.165) is 24.2 Å². The van der Waals surface area contributed by atoms with Crippen molar-refractivity contribution in [1.29, 1.82) is 0 Å². The van der Waals surface area contributed by atoms with Crippen molar-refractivity contribution in [2.75, 3.05) is 13.7 Å². The van der Waals surface area contributed by atoms with Crippen LogP contribution >= 0.6 is 0 Å². The number of carbonyl (C=O) groups is 1. The minimum Gasteiger partial charge on any atom is -0.497 e. The van der Waals surface area contributed by atoms with Crippen molar-refractivity contribution in [2.45, 2.75) is 45.1 Å². The minimum absolute atomic E-state index is 0.0245. The maximum atomic E-state index is 12.2. The Bertz CT molecular complexity index is 468. The van der Waals surface area contributed by atoms with Crippen LogP contribution < -0.4 is 15.8 Å². The van der Waals surface area contributed by atoms with E-state index in [9.17, 15) is 4.79 Å². The summed E-state index contributed by atoms with van der Waals surface area (Å²) in [6.07, 6.45) is 6.37. The second-order valence-corrected chi connectivity index (χ2v) is 6.07. The summed E-state index contributed by atoms with van der Waals surface area (Å²) in [4.78, 5) is 12.2. The zero-order valence-corrected chi connectivity index (χ0v) is 12.9. The zero-order valence-electron chi connectivity index (χ0n) is 12.9. The lowest BCUT2D eigenvalue weighted by Crippen LogP contribution is -2.38. The van der Waals surface area contributed by atoms with Gasteiger partial charge in [-0.25, -0.2) is 0 Å². The van der Waals surface area contributed by atoms with Crippen LogP contribution in [0.2, 0.25) is 0 Å². The molecule has 0 heterocycles. The molecular formula is C17H26N2O2. The number of amides is 1. The molecule has 1 aliphatic rings. The van der Waals surface area contributed by atoms with Gasteiger partial charge >= 0.3 is 0 Å². The smallest absolute Gasteiger partial charge is 0.220 e. The van der Waals surface area contributed by atoms with Gasteiger partial charge in [0.15, 0.2) is 0 Å². The molecule has 1 aromatic rings. The lowest BCUT2D eigenvalue weighted by molar-refractivity contribution is -0.124. The van der Waals surface area contributed by atoms with Gasteiger partial charge in [-0.1, -0.05) is 31.4 Å². The number of nitrogens with two attached hydrogens (primary N) is 1. The molecule has 0 spiro atoms. The van der Waals surface area contributed by atoms with Crippen LogP contribution in [-0.4, -0.2) is 19.6 Å². The Balaban J connectivity index is 1.86. The Hall–Kier alpha value is -1.55. The first kappa shape index (κ1) is 15.8. The van der Waals surface area contributed by atoms with Gasteiger partial charge in [-0.2, -0.15) is 0 Å². The largest absolute Gasteiger partial charge is 0.497 e. The van der Waals surface area contributed by atoms with Crippen molar-refractivity contribution >= 4 is 5.91 Å². The Morgan fingerprint density at radius 2 is 2.10 bits per heavy atom. The van der Waals surface area contributed by atoms with Crippen LogP contribution in [0.5, 0.6) is 5.75 Å². The van der Waals surface area contributed by atoms with Crippen molar-refractivity contribution in [3.05, 3.63) is 29.8 Å². The molecule has 21 heavy (non-hydrogen) atoms. The summed E-state index contributed by atoms with van der Waals surface area (Å²) < 4.78 is 5.19. The first-order valence-corrected chi connectivity index (χ1v) is 7.77. The molecule has 1 aromatic carbocycles. The Morgan fingerprint density at radius 3 is 2.76 bits per heavy atom. The van der Waals surface area contributed by atoms with Gasteiger partial charge < -0.3 is 15.8 Å². The van der Waals surface area contributed by atoms with Crippen LogP contribution in [0.15, 0.2) is 24.3 Å². The third-order valence-electron chi connectivity index (χ3n) is 4.51. The van der Waals surface area contributed by atoms with Crippen LogP contribution in [0.3, 0.4) is 0 Å². The van der Waals surface area contributed by atoms with Crippen LogP contribution in [0.1, 0.15) is 44.1 Å². The highest BCUT2D eigenvalue weighted by molar-refractivity contribution is 5.76. The van der Waals surface area contributed by atoms with E-state index in [2.05, 4.69) is 5.32 Å². The first-order chi connectivity index (χ1) is 10.2. The van der Waals surface area contributed by atoms with E-state index in [1.807, 2.05) is 24.3 Å². The molecule has 0 unspecified atom stereocenters. The number of nitrogens with one attached hydrogen (secondary N) is 1. The third-order valence-corrected chi connectivity index (χ3v) is 4.51. The number of ether oxygens (including phenoxy) is 1. The van der Waals surface area contributed by atoms with Crippen molar-refractivity contribution in [3.63, 3.8) is 0 Å². The van der Waals surface area contributed by atoms with Crippen LogP contribution in [0.25, 0.3) is 0 Å². The monoisotopic (exact) mass is 290 g/mol. The summed E-state index contributed by atoms with van der Waals surface area (Å²) in [5.74, 6) is 0.914. The predicted octanol–water partition coefficient (Wildman–Crippen LogP) is 2.61. The van der Waals surface area contributed by atoms with Crippen molar-refractivity contribution in [2.24, 2.45) is 11.1 Å². The van der Waals surface area contributed by atoms with Crippen LogP contribution in [0, 0.1) is 5.41 Å². The highest BCUT2D eigenvalue weighted by Gasteiger charge is 2.32. The number of hydrogen-bond acceptors (Lipinski definition) is 3. The van der Waals surface area contributed by atoms with Gasteiger partial charge in [0.05, 0.1) is 7.11 Å². The van der Waals surface area contributed by atoms with Gasteiger partial charge in [-0.15, -0.1) is 0 Å². The molecule has 0 aliphatic heterocycles. The molecule has 2 rings (SSSR count). The summed E-state index contributed by atoms with van der Waals surface area (Å²) >= 11 is 0. The molecule has 1 aliphatic carbocycles. The summed E-state index contributed by atoms with van der Waals surface area (Å²) in [5.41, 5.74) is 7.01. The number of rotatable bonds is 6. The fourth-order valence-electron chi connectivity index (χ4n) is 3.14. The van der Waals surface area contributed by atoms with Crippen LogP contribution in [-0.2, 0) is 11.3 Å². The molecule has 4 nitrogen and oxygen atoms in total.